The van der Waals surface area contributed by atoms with E-state index in [-0.39, 0.29) is 25.0 Å². The van der Waals surface area contributed by atoms with Crippen LogP contribution in [-0.2, 0) is 16.2 Å². The smallest absolute Gasteiger partial charge is 0.224 e. The molecular weight excluding hydrogens is 294 g/mol. The first-order valence-corrected chi connectivity index (χ1v) is 7.53. The van der Waals surface area contributed by atoms with Crippen molar-refractivity contribution in [3.8, 4) is 11.8 Å². The third-order valence-electron chi connectivity index (χ3n) is 3.09. The van der Waals surface area contributed by atoms with Crippen molar-refractivity contribution < 1.29 is 14.7 Å². The number of carbonyl (C=O) groups excluding carboxylic acids is 2. The van der Waals surface area contributed by atoms with Gasteiger partial charge in [0.1, 0.15) is 0 Å². The van der Waals surface area contributed by atoms with Crippen LogP contribution in [0.3, 0.4) is 0 Å². The molecule has 0 saturated heterocycles. The minimum Gasteiger partial charge on any atom is -0.392 e. The maximum absolute atomic E-state index is 11.9. The summed E-state index contributed by atoms with van der Waals surface area (Å²) in [6, 6.07) is 5.20. The largest absolute Gasteiger partial charge is 0.392 e. The SMILES string of the molecule is CC(=O)NCCCCC(=O)Nc1ccc(C#CCN)c(CO)c1. The standard InChI is InChI=1S/C17H23N3O3/c1-13(22)19-10-3-2-6-17(23)20-16-8-7-14(5-4-9-18)15(11-16)12-21/h7-8,11,21H,2-3,6,9-10,12,18H2,1H3,(H,19,22)(H,20,23). The summed E-state index contributed by atoms with van der Waals surface area (Å²) < 4.78 is 0. The van der Waals surface area contributed by atoms with Gasteiger partial charge in [-0.25, -0.2) is 0 Å². The van der Waals surface area contributed by atoms with Crippen LogP contribution >= 0.6 is 0 Å². The summed E-state index contributed by atoms with van der Waals surface area (Å²) in [6.07, 6.45) is 1.82. The zero-order chi connectivity index (χ0) is 17.1. The van der Waals surface area contributed by atoms with E-state index in [1.807, 2.05) is 0 Å². The fraction of sp³-hybridized carbons (Fsp3) is 0.412. The van der Waals surface area contributed by atoms with E-state index in [2.05, 4.69) is 22.5 Å². The number of aliphatic hydroxyl groups is 1. The second-order valence-corrected chi connectivity index (χ2v) is 5.02. The molecule has 1 aromatic rings. The first-order valence-electron chi connectivity index (χ1n) is 7.53. The average Bonchev–Trinajstić information content (AvgIpc) is 2.52. The van der Waals surface area contributed by atoms with Crippen LogP contribution in [0.5, 0.6) is 0 Å². The lowest BCUT2D eigenvalue weighted by Crippen LogP contribution is -2.21. The summed E-state index contributed by atoms with van der Waals surface area (Å²) in [5.41, 5.74) is 7.30. The number of benzene rings is 1. The van der Waals surface area contributed by atoms with Crippen LogP contribution in [-0.4, -0.2) is 30.0 Å². The van der Waals surface area contributed by atoms with Gasteiger partial charge in [0.2, 0.25) is 11.8 Å². The van der Waals surface area contributed by atoms with Crippen molar-refractivity contribution in [3.63, 3.8) is 0 Å². The molecule has 23 heavy (non-hydrogen) atoms. The van der Waals surface area contributed by atoms with Crippen molar-refractivity contribution in [1.82, 2.24) is 5.32 Å². The highest BCUT2D eigenvalue weighted by Gasteiger charge is 2.05. The summed E-state index contributed by atoms with van der Waals surface area (Å²) in [4.78, 5) is 22.6. The number of rotatable bonds is 7. The van der Waals surface area contributed by atoms with Gasteiger partial charge >= 0.3 is 0 Å². The maximum atomic E-state index is 11.9. The summed E-state index contributed by atoms with van der Waals surface area (Å²) in [7, 11) is 0. The molecule has 0 aromatic heterocycles. The van der Waals surface area contributed by atoms with Gasteiger partial charge in [0.05, 0.1) is 13.2 Å². The Balaban J connectivity index is 2.50. The molecule has 6 heteroatoms. The van der Waals surface area contributed by atoms with Crippen molar-refractivity contribution in [2.45, 2.75) is 32.8 Å². The van der Waals surface area contributed by atoms with Gasteiger partial charge in [-0.05, 0) is 36.6 Å². The lowest BCUT2D eigenvalue weighted by Gasteiger charge is -2.08. The highest BCUT2D eigenvalue weighted by Crippen LogP contribution is 2.16. The van der Waals surface area contributed by atoms with Gasteiger partial charge in [0.25, 0.3) is 0 Å². The van der Waals surface area contributed by atoms with Crippen molar-refractivity contribution in [3.05, 3.63) is 29.3 Å². The molecule has 0 atom stereocenters. The molecular formula is C17H23N3O3. The number of nitrogens with one attached hydrogen (secondary N) is 2. The minimum absolute atomic E-state index is 0.0659. The highest BCUT2D eigenvalue weighted by molar-refractivity contribution is 5.90. The van der Waals surface area contributed by atoms with Crippen molar-refractivity contribution in [2.75, 3.05) is 18.4 Å². The first kappa shape index (κ1) is 18.7. The van der Waals surface area contributed by atoms with Crippen molar-refractivity contribution >= 4 is 17.5 Å². The zero-order valence-electron chi connectivity index (χ0n) is 13.3. The van der Waals surface area contributed by atoms with Gasteiger partial charge in [0.15, 0.2) is 0 Å². The first-order chi connectivity index (χ1) is 11.1. The molecule has 6 nitrogen and oxygen atoms in total. The molecule has 0 spiro atoms. The number of carbonyl (C=O) groups is 2. The van der Waals surface area contributed by atoms with Crippen LogP contribution in [0.4, 0.5) is 5.69 Å². The third-order valence-corrected chi connectivity index (χ3v) is 3.09. The van der Waals surface area contributed by atoms with E-state index < -0.39 is 0 Å². The van der Waals surface area contributed by atoms with E-state index in [9.17, 15) is 14.7 Å². The molecule has 0 aliphatic rings. The van der Waals surface area contributed by atoms with Crippen LogP contribution < -0.4 is 16.4 Å². The predicted molar refractivity (Wildman–Crippen MR) is 89.5 cm³/mol. The Morgan fingerprint density at radius 3 is 2.74 bits per heavy atom. The van der Waals surface area contributed by atoms with E-state index >= 15 is 0 Å². The van der Waals surface area contributed by atoms with Crippen LogP contribution in [0, 0.1) is 11.8 Å². The predicted octanol–water partition coefficient (Wildman–Crippen LogP) is 0.734. The van der Waals surface area contributed by atoms with Gasteiger partial charge in [-0.3, -0.25) is 9.59 Å². The Morgan fingerprint density at radius 1 is 1.30 bits per heavy atom. The number of unbranched alkanes of at least 4 members (excludes halogenated alkanes) is 1. The molecule has 0 saturated carbocycles. The number of hydrogen-bond acceptors (Lipinski definition) is 4. The molecule has 2 amide bonds. The van der Waals surface area contributed by atoms with Gasteiger partial charge in [-0.1, -0.05) is 11.8 Å². The molecule has 0 fully saturated rings. The lowest BCUT2D eigenvalue weighted by molar-refractivity contribution is -0.119. The number of aliphatic hydroxyl groups excluding tert-OH is 1. The lowest BCUT2D eigenvalue weighted by atomic mass is 10.1. The molecule has 0 bridgehead atoms. The topological polar surface area (TPSA) is 104 Å². The molecule has 1 rings (SSSR count). The Morgan fingerprint density at radius 2 is 2.09 bits per heavy atom. The quantitative estimate of drug-likeness (QED) is 0.439. The molecule has 0 aliphatic heterocycles. The molecule has 5 N–H and O–H groups in total. The fourth-order valence-corrected chi connectivity index (χ4v) is 1.97. The van der Waals surface area contributed by atoms with E-state index in [1.54, 1.807) is 18.2 Å². The van der Waals surface area contributed by atoms with E-state index in [4.69, 9.17) is 5.73 Å². The van der Waals surface area contributed by atoms with Gasteiger partial charge < -0.3 is 21.5 Å². The Labute approximate surface area is 136 Å². The number of amides is 2. The Kier molecular flexibility index (Phi) is 8.43. The monoisotopic (exact) mass is 317 g/mol. The average molecular weight is 317 g/mol. The van der Waals surface area contributed by atoms with E-state index in [0.29, 0.717) is 36.2 Å². The number of anilines is 1. The molecule has 0 aliphatic carbocycles. The second kappa shape index (κ2) is 10.4. The van der Waals surface area contributed by atoms with Crippen LogP contribution in [0.1, 0.15) is 37.3 Å². The maximum Gasteiger partial charge on any atom is 0.224 e. The Hall–Kier alpha value is -2.36. The molecule has 0 heterocycles. The van der Waals surface area contributed by atoms with E-state index in [1.165, 1.54) is 6.92 Å². The van der Waals surface area contributed by atoms with Crippen molar-refractivity contribution in [1.29, 1.82) is 0 Å². The number of hydrogen-bond donors (Lipinski definition) is 4. The van der Waals surface area contributed by atoms with Crippen molar-refractivity contribution in [2.24, 2.45) is 5.73 Å². The zero-order valence-corrected chi connectivity index (χ0v) is 13.3. The summed E-state index contributed by atoms with van der Waals surface area (Å²) in [5.74, 6) is 5.45. The summed E-state index contributed by atoms with van der Waals surface area (Å²) in [5, 5.41) is 14.9. The third kappa shape index (κ3) is 7.45. The molecule has 0 radical (unpaired) electrons. The summed E-state index contributed by atoms with van der Waals surface area (Å²) >= 11 is 0. The summed E-state index contributed by atoms with van der Waals surface area (Å²) in [6.45, 7) is 2.13. The van der Waals surface area contributed by atoms with Gasteiger partial charge in [-0.15, -0.1) is 0 Å². The van der Waals surface area contributed by atoms with Gasteiger partial charge in [0, 0.05) is 31.1 Å². The molecule has 0 unspecified atom stereocenters. The fourth-order valence-electron chi connectivity index (χ4n) is 1.97. The second-order valence-electron chi connectivity index (χ2n) is 5.02. The molecule has 124 valence electrons. The molecule has 1 aromatic carbocycles. The van der Waals surface area contributed by atoms with Crippen LogP contribution in [0.2, 0.25) is 0 Å². The van der Waals surface area contributed by atoms with Crippen LogP contribution in [0.25, 0.3) is 0 Å². The Bertz CT molecular complexity index is 603. The normalized spacial score (nSPS) is 9.70. The highest BCUT2D eigenvalue weighted by atomic mass is 16.3. The van der Waals surface area contributed by atoms with E-state index in [0.717, 1.165) is 6.42 Å². The van der Waals surface area contributed by atoms with Gasteiger partial charge in [-0.2, -0.15) is 0 Å². The minimum atomic E-state index is -0.158. The van der Waals surface area contributed by atoms with Crippen LogP contribution in [0.15, 0.2) is 18.2 Å². The number of nitrogens with two attached hydrogens (primary N) is 1.